The van der Waals surface area contributed by atoms with E-state index >= 15 is 0 Å². The van der Waals surface area contributed by atoms with E-state index in [0.29, 0.717) is 0 Å². The predicted octanol–water partition coefficient (Wildman–Crippen LogP) is 1.14. The summed E-state index contributed by atoms with van der Waals surface area (Å²) in [4.78, 5) is 22.9. The van der Waals surface area contributed by atoms with E-state index in [4.69, 9.17) is 0 Å². The minimum absolute atomic E-state index is 0.0843. The molecule has 0 radical (unpaired) electrons. The van der Waals surface area contributed by atoms with Crippen molar-refractivity contribution in [3.8, 4) is 0 Å². The number of hydrogen-bond donors (Lipinski definition) is 0. The number of nitrogens with zero attached hydrogens (tertiary/aromatic N) is 1. The highest BCUT2D eigenvalue weighted by molar-refractivity contribution is 5.82. The Morgan fingerprint density at radius 1 is 1.57 bits per heavy atom. The molecule has 0 spiro atoms. The van der Waals surface area contributed by atoms with Gasteiger partial charge in [0, 0.05) is 18.2 Å². The number of carbonyl (C=O) groups is 1. The summed E-state index contributed by atoms with van der Waals surface area (Å²) in [5.74, 6) is 0.416. The molecule has 0 bridgehead atoms. The van der Waals surface area contributed by atoms with Crippen molar-refractivity contribution in [2.24, 2.45) is 5.92 Å². The highest BCUT2D eigenvalue weighted by atomic mass is 16.1. The van der Waals surface area contributed by atoms with Crippen LogP contribution in [0.2, 0.25) is 0 Å². The van der Waals surface area contributed by atoms with Crippen molar-refractivity contribution in [3.05, 3.63) is 34.2 Å². The van der Waals surface area contributed by atoms with Crippen LogP contribution >= 0.6 is 0 Å². The largest absolute Gasteiger partial charge is 0.308 e. The molecule has 14 heavy (non-hydrogen) atoms. The van der Waals surface area contributed by atoms with Gasteiger partial charge in [-0.1, -0.05) is 0 Å². The van der Waals surface area contributed by atoms with E-state index in [1.54, 1.807) is 12.3 Å². The molecule has 1 aliphatic rings. The maximum absolute atomic E-state index is 11.5. The molecule has 0 aromatic carbocycles. The highest BCUT2D eigenvalue weighted by Crippen LogP contribution is 2.29. The summed E-state index contributed by atoms with van der Waals surface area (Å²) in [6, 6.07) is 3.40. The maximum atomic E-state index is 11.5. The van der Waals surface area contributed by atoms with Crippen LogP contribution in [-0.4, -0.2) is 10.4 Å². The van der Waals surface area contributed by atoms with Crippen molar-refractivity contribution in [1.29, 1.82) is 0 Å². The fraction of sp³-hybridized carbons (Fsp3) is 0.455. The first-order valence-corrected chi connectivity index (χ1v) is 4.86. The van der Waals surface area contributed by atoms with Gasteiger partial charge in [0.2, 0.25) is 0 Å². The summed E-state index contributed by atoms with van der Waals surface area (Å²) in [5, 5.41) is 0. The molecule has 0 atom stereocenters. The standard InChI is InChI=1S/C11H13NO2/c1-8-4-5-12(11(14)6-8)7-10(13)9-2-3-9/h4-6,9H,2-3,7H2,1H3. The lowest BCUT2D eigenvalue weighted by Gasteiger charge is -2.03. The fourth-order valence-electron chi connectivity index (χ4n) is 1.44. The number of Topliss-reactive ketones (excluding diaryl/α,β-unsaturated/α-hetero) is 1. The van der Waals surface area contributed by atoms with Crippen LogP contribution in [0.1, 0.15) is 18.4 Å². The molecule has 74 valence electrons. The van der Waals surface area contributed by atoms with E-state index in [2.05, 4.69) is 0 Å². The third-order valence-corrected chi connectivity index (χ3v) is 2.51. The summed E-state index contributed by atoms with van der Waals surface area (Å²) in [6.45, 7) is 2.11. The number of ketones is 1. The van der Waals surface area contributed by atoms with Gasteiger partial charge in [-0.25, -0.2) is 0 Å². The van der Waals surface area contributed by atoms with Crippen LogP contribution in [0, 0.1) is 12.8 Å². The summed E-state index contributed by atoms with van der Waals surface area (Å²) < 4.78 is 1.48. The van der Waals surface area contributed by atoms with Gasteiger partial charge in [-0.3, -0.25) is 9.59 Å². The molecule has 1 aromatic rings. The van der Waals surface area contributed by atoms with E-state index in [9.17, 15) is 9.59 Å². The molecular formula is C11H13NO2. The van der Waals surface area contributed by atoms with Crippen LogP contribution in [0.25, 0.3) is 0 Å². The lowest BCUT2D eigenvalue weighted by Crippen LogP contribution is -2.23. The zero-order valence-electron chi connectivity index (χ0n) is 8.19. The predicted molar refractivity (Wildman–Crippen MR) is 53.2 cm³/mol. The van der Waals surface area contributed by atoms with Crippen molar-refractivity contribution in [3.63, 3.8) is 0 Å². The Hall–Kier alpha value is -1.38. The van der Waals surface area contributed by atoms with Gasteiger partial charge in [0.25, 0.3) is 5.56 Å². The van der Waals surface area contributed by atoms with Gasteiger partial charge < -0.3 is 4.57 Å². The molecule has 1 aromatic heterocycles. The zero-order chi connectivity index (χ0) is 10.1. The molecule has 0 amide bonds. The minimum Gasteiger partial charge on any atom is -0.308 e. The molecule has 1 saturated carbocycles. The van der Waals surface area contributed by atoms with Gasteiger partial charge in [0.15, 0.2) is 5.78 Å². The third kappa shape index (κ3) is 1.92. The molecule has 3 nitrogen and oxygen atoms in total. The van der Waals surface area contributed by atoms with Gasteiger partial charge >= 0.3 is 0 Å². The van der Waals surface area contributed by atoms with Crippen LogP contribution in [0.4, 0.5) is 0 Å². The van der Waals surface area contributed by atoms with E-state index in [-0.39, 0.29) is 23.8 Å². The van der Waals surface area contributed by atoms with Crippen molar-refractivity contribution in [2.45, 2.75) is 26.3 Å². The SMILES string of the molecule is Cc1ccn(CC(=O)C2CC2)c(=O)c1. The van der Waals surface area contributed by atoms with Gasteiger partial charge in [-0.15, -0.1) is 0 Å². The summed E-state index contributed by atoms with van der Waals surface area (Å²) in [5.41, 5.74) is 0.851. The zero-order valence-corrected chi connectivity index (χ0v) is 8.19. The first kappa shape index (κ1) is 9.19. The lowest BCUT2D eigenvalue weighted by molar-refractivity contribution is -0.120. The molecular weight excluding hydrogens is 178 g/mol. The molecule has 0 saturated heterocycles. The molecule has 1 aliphatic carbocycles. The fourth-order valence-corrected chi connectivity index (χ4v) is 1.44. The monoisotopic (exact) mass is 191 g/mol. The normalized spacial score (nSPS) is 15.5. The van der Waals surface area contributed by atoms with Crippen molar-refractivity contribution < 1.29 is 4.79 Å². The Kier molecular flexibility index (Phi) is 2.23. The molecule has 1 heterocycles. The second-order valence-corrected chi connectivity index (χ2v) is 3.91. The molecule has 2 rings (SSSR count). The number of aryl methyl sites for hydroxylation is 1. The smallest absolute Gasteiger partial charge is 0.251 e. The lowest BCUT2D eigenvalue weighted by atomic mass is 10.2. The van der Waals surface area contributed by atoms with E-state index in [0.717, 1.165) is 18.4 Å². The summed E-state index contributed by atoms with van der Waals surface area (Å²) in [6.07, 6.45) is 3.69. The second kappa shape index (κ2) is 3.40. The molecule has 0 unspecified atom stereocenters. The van der Waals surface area contributed by atoms with Gasteiger partial charge in [0.05, 0.1) is 6.54 Å². The minimum atomic E-state index is -0.0843. The molecule has 1 fully saturated rings. The highest BCUT2D eigenvalue weighted by Gasteiger charge is 2.29. The molecule has 0 N–H and O–H groups in total. The number of rotatable bonds is 3. The quantitative estimate of drug-likeness (QED) is 0.718. The first-order valence-electron chi connectivity index (χ1n) is 4.86. The number of hydrogen-bond acceptors (Lipinski definition) is 2. The first-order chi connectivity index (χ1) is 6.66. The average Bonchev–Trinajstić information content (AvgIpc) is 2.92. The van der Waals surface area contributed by atoms with Crippen molar-refractivity contribution in [2.75, 3.05) is 0 Å². The van der Waals surface area contributed by atoms with Gasteiger partial charge in [0.1, 0.15) is 0 Å². The van der Waals surface area contributed by atoms with Crippen molar-refractivity contribution in [1.82, 2.24) is 4.57 Å². The summed E-state index contributed by atoms with van der Waals surface area (Å²) >= 11 is 0. The number of aromatic nitrogens is 1. The summed E-state index contributed by atoms with van der Waals surface area (Å²) in [7, 11) is 0. The van der Waals surface area contributed by atoms with E-state index in [1.165, 1.54) is 4.57 Å². The van der Waals surface area contributed by atoms with E-state index < -0.39 is 0 Å². The maximum Gasteiger partial charge on any atom is 0.251 e. The second-order valence-electron chi connectivity index (χ2n) is 3.91. The third-order valence-electron chi connectivity index (χ3n) is 2.51. The Bertz CT molecular complexity index is 416. The molecule has 0 aliphatic heterocycles. The topological polar surface area (TPSA) is 39.1 Å². The van der Waals surface area contributed by atoms with Crippen LogP contribution < -0.4 is 5.56 Å². The Labute approximate surface area is 82.4 Å². The Balaban J connectivity index is 2.16. The van der Waals surface area contributed by atoms with Gasteiger partial charge in [-0.2, -0.15) is 0 Å². The van der Waals surface area contributed by atoms with Gasteiger partial charge in [-0.05, 0) is 31.4 Å². The van der Waals surface area contributed by atoms with Crippen LogP contribution in [-0.2, 0) is 11.3 Å². The number of pyridine rings is 1. The average molecular weight is 191 g/mol. The molecule has 3 heteroatoms. The van der Waals surface area contributed by atoms with Crippen molar-refractivity contribution >= 4 is 5.78 Å². The van der Waals surface area contributed by atoms with Crippen LogP contribution in [0.15, 0.2) is 23.1 Å². The van der Waals surface area contributed by atoms with E-state index in [1.807, 2.05) is 13.0 Å². The van der Waals surface area contributed by atoms with Crippen LogP contribution in [0.3, 0.4) is 0 Å². The number of carbonyl (C=O) groups excluding carboxylic acids is 1. The Morgan fingerprint density at radius 2 is 2.29 bits per heavy atom. The van der Waals surface area contributed by atoms with Crippen LogP contribution in [0.5, 0.6) is 0 Å². The Morgan fingerprint density at radius 3 is 2.86 bits per heavy atom.